The molecule has 2 aliphatic rings. The maximum Gasteiger partial charge on any atom is 0.416 e. The van der Waals surface area contributed by atoms with E-state index in [1.54, 1.807) is 10.8 Å². The van der Waals surface area contributed by atoms with Crippen molar-refractivity contribution in [1.82, 2.24) is 9.47 Å². The molecule has 0 saturated carbocycles. The van der Waals surface area contributed by atoms with Gasteiger partial charge < -0.3 is 18.8 Å². The molecule has 35 heavy (non-hydrogen) atoms. The monoisotopic (exact) mass is 495 g/mol. The van der Waals surface area contributed by atoms with E-state index in [-0.39, 0.29) is 34.6 Å². The second-order valence-electron chi connectivity index (χ2n) is 10.3. The molecule has 1 amide bonds. The van der Waals surface area contributed by atoms with Crippen molar-refractivity contribution >= 4 is 5.91 Å². The second kappa shape index (κ2) is 9.81. The third-order valence-corrected chi connectivity index (χ3v) is 6.26. The highest BCUT2D eigenvalue weighted by atomic mass is 19.4. The van der Waals surface area contributed by atoms with Gasteiger partial charge in [-0.1, -0.05) is 20.8 Å². The van der Waals surface area contributed by atoms with E-state index in [1.165, 1.54) is 6.07 Å². The number of amides is 1. The van der Waals surface area contributed by atoms with Gasteiger partial charge in [-0.2, -0.15) is 18.2 Å². The van der Waals surface area contributed by atoms with Crippen LogP contribution in [0.15, 0.2) is 33.8 Å². The Balaban J connectivity index is 1.73. The molecule has 10 heteroatoms. The number of ether oxygens (including phenoxy) is 2. The first kappa shape index (κ1) is 25.5. The molecule has 2 aliphatic heterocycles. The smallest absolute Gasteiger partial charge is 0.416 e. The van der Waals surface area contributed by atoms with Crippen LogP contribution in [0.2, 0.25) is 0 Å². The van der Waals surface area contributed by atoms with Gasteiger partial charge in [-0.25, -0.2) is 0 Å². The lowest BCUT2D eigenvalue weighted by Crippen LogP contribution is -2.25. The summed E-state index contributed by atoms with van der Waals surface area (Å²) in [5.74, 6) is -0.162. The molecule has 0 radical (unpaired) electrons. The first-order valence-corrected chi connectivity index (χ1v) is 11.9. The van der Waals surface area contributed by atoms with Gasteiger partial charge >= 0.3 is 11.9 Å². The SMILES string of the molecule is CN1CC[C@H](Oc2ccc(C(F)(F)F)cc2C(=O)N=c2oc(C(C)(C)C)cn2C[C@H]2CCCO2)C1. The van der Waals surface area contributed by atoms with Crippen molar-refractivity contribution in [2.45, 2.75) is 70.4 Å². The van der Waals surface area contributed by atoms with Crippen LogP contribution in [0.3, 0.4) is 0 Å². The van der Waals surface area contributed by atoms with Crippen molar-refractivity contribution in [3.63, 3.8) is 0 Å². The topological polar surface area (TPSA) is 69.2 Å². The quantitative estimate of drug-likeness (QED) is 0.615. The van der Waals surface area contributed by atoms with Crippen molar-refractivity contribution in [3.05, 3.63) is 47.0 Å². The Morgan fingerprint density at radius 1 is 1.23 bits per heavy atom. The summed E-state index contributed by atoms with van der Waals surface area (Å²) < 4.78 is 59.6. The molecular weight excluding hydrogens is 463 g/mol. The molecule has 7 nitrogen and oxygen atoms in total. The van der Waals surface area contributed by atoms with Crippen molar-refractivity contribution in [1.29, 1.82) is 0 Å². The molecular formula is C25H32F3N3O4. The fourth-order valence-electron chi connectivity index (χ4n) is 4.25. The molecule has 0 N–H and O–H groups in total. The average Bonchev–Trinajstić information content (AvgIpc) is 3.50. The maximum atomic E-state index is 13.4. The van der Waals surface area contributed by atoms with E-state index in [9.17, 15) is 18.0 Å². The van der Waals surface area contributed by atoms with Gasteiger partial charge in [0.25, 0.3) is 5.91 Å². The number of carbonyl (C=O) groups excluding carboxylic acids is 1. The Labute approximate surface area is 202 Å². The minimum absolute atomic E-state index is 0.0272. The standard InChI is InChI=1S/C25H32F3N3O4/c1-24(2,3)21-15-31(14-17-6-5-11-33-17)23(35-21)29-22(32)19-12-16(25(26,27)28)7-8-20(19)34-18-9-10-30(4)13-18/h7-8,12,15,17-18H,5-6,9-11,13-14H2,1-4H3/t17-,18+/m1/s1. The van der Waals surface area contributed by atoms with Crippen LogP contribution in [0.1, 0.15) is 61.7 Å². The number of likely N-dealkylation sites (tertiary alicyclic amines) is 1. The van der Waals surface area contributed by atoms with Gasteiger partial charge in [-0.3, -0.25) is 9.36 Å². The number of hydrogen-bond acceptors (Lipinski definition) is 5. The highest BCUT2D eigenvalue weighted by molar-refractivity contribution is 5.97. The molecule has 0 bridgehead atoms. The number of carbonyl (C=O) groups is 1. The molecule has 3 heterocycles. The lowest BCUT2D eigenvalue weighted by Gasteiger charge is -2.17. The number of halogens is 3. The maximum absolute atomic E-state index is 13.4. The van der Waals surface area contributed by atoms with Crippen LogP contribution in [-0.4, -0.2) is 54.3 Å². The van der Waals surface area contributed by atoms with Gasteiger partial charge in [0.15, 0.2) is 0 Å². The molecule has 0 aliphatic carbocycles. The van der Waals surface area contributed by atoms with Crippen molar-refractivity contribution in [2.24, 2.45) is 4.99 Å². The third-order valence-electron chi connectivity index (χ3n) is 6.26. The Morgan fingerprint density at radius 3 is 2.60 bits per heavy atom. The van der Waals surface area contributed by atoms with Gasteiger partial charge in [-0.05, 0) is 44.5 Å². The van der Waals surface area contributed by atoms with Gasteiger partial charge in [0.1, 0.15) is 17.6 Å². The molecule has 2 aromatic rings. The average molecular weight is 496 g/mol. The summed E-state index contributed by atoms with van der Waals surface area (Å²) in [7, 11) is 1.94. The van der Waals surface area contributed by atoms with Crippen molar-refractivity contribution < 1.29 is 31.9 Å². The number of oxazole rings is 1. The van der Waals surface area contributed by atoms with E-state index in [0.717, 1.165) is 37.9 Å². The Morgan fingerprint density at radius 2 is 2.00 bits per heavy atom. The molecule has 0 spiro atoms. The molecule has 1 aromatic carbocycles. The van der Waals surface area contributed by atoms with Crippen LogP contribution in [0, 0.1) is 0 Å². The minimum atomic E-state index is -4.61. The van der Waals surface area contributed by atoms with Crippen molar-refractivity contribution in [3.8, 4) is 5.75 Å². The summed E-state index contributed by atoms with van der Waals surface area (Å²) in [6.45, 7) is 8.43. The highest BCUT2D eigenvalue weighted by Gasteiger charge is 2.33. The van der Waals surface area contributed by atoms with E-state index in [2.05, 4.69) is 9.89 Å². The number of aromatic nitrogens is 1. The Hall–Kier alpha value is -2.59. The number of nitrogens with zero attached hydrogens (tertiary/aromatic N) is 3. The summed E-state index contributed by atoms with van der Waals surface area (Å²) in [6, 6.07) is 2.93. The van der Waals surface area contributed by atoms with Crippen molar-refractivity contribution in [2.75, 3.05) is 26.7 Å². The van der Waals surface area contributed by atoms with Crippen LogP contribution in [0.5, 0.6) is 5.75 Å². The lowest BCUT2D eigenvalue weighted by atomic mass is 9.94. The largest absolute Gasteiger partial charge is 0.488 e. The normalized spacial score (nSPS) is 22.2. The third kappa shape index (κ3) is 6.16. The number of rotatable bonds is 5. The minimum Gasteiger partial charge on any atom is -0.488 e. The molecule has 4 rings (SSSR count). The molecule has 2 fully saturated rings. The predicted molar refractivity (Wildman–Crippen MR) is 122 cm³/mol. The van der Waals surface area contributed by atoms with Gasteiger partial charge in [-0.15, -0.1) is 0 Å². The Kier molecular flexibility index (Phi) is 7.15. The highest BCUT2D eigenvalue weighted by Crippen LogP contribution is 2.34. The second-order valence-corrected chi connectivity index (χ2v) is 10.3. The van der Waals surface area contributed by atoms with Gasteiger partial charge in [0.05, 0.1) is 23.8 Å². The summed E-state index contributed by atoms with van der Waals surface area (Å²) in [5, 5.41) is 0. The van der Waals surface area contributed by atoms with Crippen LogP contribution in [-0.2, 0) is 22.9 Å². The van der Waals surface area contributed by atoms with Crippen LogP contribution in [0.25, 0.3) is 0 Å². The first-order chi connectivity index (χ1) is 16.4. The summed E-state index contributed by atoms with van der Waals surface area (Å²) in [4.78, 5) is 19.5. The fourth-order valence-corrected chi connectivity index (χ4v) is 4.25. The van der Waals surface area contributed by atoms with Crippen LogP contribution >= 0.6 is 0 Å². The summed E-state index contributed by atoms with van der Waals surface area (Å²) >= 11 is 0. The zero-order chi connectivity index (χ0) is 25.4. The zero-order valence-corrected chi connectivity index (χ0v) is 20.5. The van der Waals surface area contributed by atoms with E-state index in [1.807, 2.05) is 27.8 Å². The van der Waals surface area contributed by atoms with Gasteiger partial charge in [0, 0.05) is 31.3 Å². The van der Waals surface area contributed by atoms with E-state index in [4.69, 9.17) is 13.9 Å². The molecule has 0 unspecified atom stereocenters. The van der Waals surface area contributed by atoms with Crippen LogP contribution in [0.4, 0.5) is 13.2 Å². The molecule has 1 aromatic heterocycles. The number of likely N-dealkylation sites (N-methyl/N-ethyl adjacent to an activating group) is 1. The van der Waals surface area contributed by atoms with E-state index >= 15 is 0 Å². The zero-order valence-electron chi connectivity index (χ0n) is 20.5. The number of alkyl halides is 3. The number of hydrogen-bond donors (Lipinski definition) is 0. The lowest BCUT2D eigenvalue weighted by molar-refractivity contribution is -0.137. The molecule has 192 valence electrons. The molecule has 2 atom stereocenters. The molecule has 2 saturated heterocycles. The summed E-state index contributed by atoms with van der Waals surface area (Å²) in [5.41, 5.74) is -1.51. The van der Waals surface area contributed by atoms with Crippen LogP contribution < -0.4 is 10.4 Å². The van der Waals surface area contributed by atoms with E-state index in [0.29, 0.717) is 25.5 Å². The fraction of sp³-hybridized carbons (Fsp3) is 0.600. The number of benzene rings is 1. The first-order valence-electron chi connectivity index (χ1n) is 11.9. The van der Waals surface area contributed by atoms with Gasteiger partial charge in [0.2, 0.25) is 0 Å². The predicted octanol–water partition coefficient (Wildman–Crippen LogP) is 4.40. The van der Waals surface area contributed by atoms with E-state index < -0.39 is 17.6 Å². The summed E-state index contributed by atoms with van der Waals surface area (Å²) in [6.07, 6.45) is -0.544. The Bertz CT molecular complexity index is 1120.